The van der Waals surface area contributed by atoms with Gasteiger partial charge in [-0.15, -0.1) is 0 Å². The van der Waals surface area contributed by atoms with Gasteiger partial charge in [0.25, 0.3) is 5.91 Å². The average molecular weight is 324 g/mol. The average Bonchev–Trinajstić information content (AvgIpc) is 2.42. The molecule has 0 saturated heterocycles. The summed E-state index contributed by atoms with van der Waals surface area (Å²) in [5.74, 6) is -0.470. The van der Waals surface area contributed by atoms with Crippen molar-refractivity contribution in [2.45, 2.75) is 6.54 Å². The number of pyridine rings is 2. The molecule has 0 aliphatic heterocycles. The maximum absolute atomic E-state index is 11.7. The Bertz CT molecular complexity index is 725. The molecule has 0 aromatic carbocycles. The number of amides is 1. The fraction of sp³-hybridized carbons (Fsp3) is 0.214. The van der Waals surface area contributed by atoms with Crippen LogP contribution in [0.5, 0.6) is 0 Å². The molecular weight excluding hydrogens is 310 g/mol. The zero-order chi connectivity index (χ0) is 15.2. The van der Waals surface area contributed by atoms with Crippen molar-refractivity contribution >= 4 is 28.3 Å². The Morgan fingerprint density at radius 1 is 1.38 bits per heavy atom. The molecule has 0 radical (unpaired) electrons. The van der Waals surface area contributed by atoms with Crippen molar-refractivity contribution in [2.24, 2.45) is 4.99 Å². The van der Waals surface area contributed by atoms with E-state index < -0.39 is 16.7 Å². The van der Waals surface area contributed by atoms with Crippen LogP contribution in [0.2, 0.25) is 5.15 Å². The van der Waals surface area contributed by atoms with E-state index in [2.05, 4.69) is 9.98 Å². The maximum Gasteiger partial charge on any atom is 0.260 e. The Balaban J connectivity index is 2.28. The molecule has 110 valence electrons. The van der Waals surface area contributed by atoms with Crippen LogP contribution < -0.4 is 5.49 Å². The first-order valence-electron chi connectivity index (χ1n) is 6.18. The van der Waals surface area contributed by atoms with E-state index in [0.717, 1.165) is 5.56 Å². The third-order valence-electron chi connectivity index (χ3n) is 2.62. The van der Waals surface area contributed by atoms with Gasteiger partial charge in [0.1, 0.15) is 16.4 Å². The van der Waals surface area contributed by atoms with E-state index in [4.69, 9.17) is 11.6 Å². The lowest BCUT2D eigenvalue weighted by Gasteiger charge is -2.07. The van der Waals surface area contributed by atoms with Gasteiger partial charge in [-0.1, -0.05) is 23.7 Å². The molecule has 0 saturated carbocycles. The lowest BCUT2D eigenvalue weighted by Crippen LogP contribution is -2.23. The van der Waals surface area contributed by atoms with Gasteiger partial charge in [-0.25, -0.2) is 4.98 Å². The molecule has 0 spiro atoms. The molecule has 1 unspecified atom stereocenters. The van der Waals surface area contributed by atoms with Crippen molar-refractivity contribution in [3.63, 3.8) is 0 Å². The topological polar surface area (TPSA) is 64.3 Å². The van der Waals surface area contributed by atoms with Crippen molar-refractivity contribution in [3.8, 4) is 0 Å². The van der Waals surface area contributed by atoms with Gasteiger partial charge in [-0.2, -0.15) is 4.99 Å². The minimum atomic E-state index is -1.19. The van der Waals surface area contributed by atoms with Crippen LogP contribution in [0.15, 0.2) is 47.7 Å². The minimum absolute atomic E-state index is 0.0720. The van der Waals surface area contributed by atoms with Gasteiger partial charge in [-0.05, 0) is 23.8 Å². The number of carbonyl (C=O) groups is 1. The number of halogens is 1. The SMILES string of the molecule is CS(=O)CC(=O)N=c1ccccn1Cc1ccc(Cl)nc1. The molecular formula is C14H14ClN3O2S. The lowest BCUT2D eigenvalue weighted by molar-refractivity contribution is -0.115. The summed E-state index contributed by atoms with van der Waals surface area (Å²) < 4.78 is 12.9. The van der Waals surface area contributed by atoms with Crippen LogP contribution in [-0.2, 0) is 22.1 Å². The molecule has 7 heteroatoms. The highest BCUT2D eigenvalue weighted by molar-refractivity contribution is 7.85. The van der Waals surface area contributed by atoms with E-state index in [1.54, 1.807) is 24.4 Å². The van der Waals surface area contributed by atoms with E-state index >= 15 is 0 Å². The third-order valence-corrected chi connectivity index (χ3v) is 3.50. The Kier molecular flexibility index (Phi) is 5.41. The van der Waals surface area contributed by atoms with Crippen molar-refractivity contribution in [1.82, 2.24) is 9.55 Å². The number of rotatable bonds is 4. The molecule has 2 rings (SSSR count). The largest absolute Gasteiger partial charge is 0.328 e. The van der Waals surface area contributed by atoms with Gasteiger partial charge < -0.3 is 4.57 Å². The number of hydrogen-bond donors (Lipinski definition) is 0. The highest BCUT2D eigenvalue weighted by atomic mass is 35.5. The van der Waals surface area contributed by atoms with Gasteiger partial charge >= 0.3 is 0 Å². The van der Waals surface area contributed by atoms with Gasteiger partial charge in [-0.3, -0.25) is 9.00 Å². The van der Waals surface area contributed by atoms with Crippen LogP contribution in [0.3, 0.4) is 0 Å². The van der Waals surface area contributed by atoms with Crippen molar-refractivity contribution in [3.05, 3.63) is 58.9 Å². The van der Waals surface area contributed by atoms with Crippen LogP contribution in [0.4, 0.5) is 0 Å². The molecule has 0 aliphatic rings. The molecule has 0 fully saturated rings. The number of hydrogen-bond acceptors (Lipinski definition) is 3. The molecule has 21 heavy (non-hydrogen) atoms. The second-order valence-electron chi connectivity index (χ2n) is 4.40. The molecule has 2 aromatic rings. The normalized spacial score (nSPS) is 13.1. The second-order valence-corrected chi connectivity index (χ2v) is 6.22. The highest BCUT2D eigenvalue weighted by Gasteiger charge is 2.03. The Morgan fingerprint density at radius 3 is 2.86 bits per heavy atom. The van der Waals surface area contributed by atoms with E-state index in [1.807, 2.05) is 22.9 Å². The molecule has 0 aliphatic carbocycles. The third kappa shape index (κ3) is 4.91. The fourth-order valence-electron chi connectivity index (χ4n) is 1.73. The van der Waals surface area contributed by atoms with Crippen molar-refractivity contribution < 1.29 is 9.00 Å². The van der Waals surface area contributed by atoms with E-state index in [9.17, 15) is 9.00 Å². The zero-order valence-electron chi connectivity index (χ0n) is 11.4. The molecule has 1 amide bonds. The molecule has 0 N–H and O–H groups in total. The zero-order valence-corrected chi connectivity index (χ0v) is 13.0. The van der Waals surface area contributed by atoms with E-state index in [1.165, 1.54) is 6.26 Å². The smallest absolute Gasteiger partial charge is 0.260 e. The molecule has 5 nitrogen and oxygen atoms in total. The Morgan fingerprint density at radius 2 is 2.19 bits per heavy atom. The lowest BCUT2D eigenvalue weighted by atomic mass is 10.3. The Hall–Kier alpha value is -1.79. The molecule has 2 aromatic heterocycles. The monoisotopic (exact) mass is 323 g/mol. The fourth-order valence-corrected chi connectivity index (χ4v) is 2.26. The van der Waals surface area contributed by atoms with Crippen molar-refractivity contribution in [1.29, 1.82) is 0 Å². The number of carbonyl (C=O) groups excluding carboxylic acids is 1. The van der Waals surface area contributed by atoms with Gasteiger partial charge in [0.2, 0.25) is 0 Å². The number of nitrogens with zero attached hydrogens (tertiary/aromatic N) is 3. The first-order valence-corrected chi connectivity index (χ1v) is 8.28. The quantitative estimate of drug-likeness (QED) is 0.799. The maximum atomic E-state index is 11.7. The van der Waals surface area contributed by atoms with E-state index in [-0.39, 0.29) is 5.75 Å². The van der Waals surface area contributed by atoms with Gasteiger partial charge in [0, 0.05) is 29.4 Å². The minimum Gasteiger partial charge on any atom is -0.328 e. The predicted molar refractivity (Wildman–Crippen MR) is 82.3 cm³/mol. The van der Waals surface area contributed by atoms with Crippen molar-refractivity contribution in [2.75, 3.05) is 12.0 Å². The van der Waals surface area contributed by atoms with E-state index in [0.29, 0.717) is 17.2 Å². The molecule has 0 bridgehead atoms. The Labute approximate surface area is 129 Å². The first-order chi connectivity index (χ1) is 10.0. The summed E-state index contributed by atoms with van der Waals surface area (Å²) in [7, 11) is -1.19. The molecule has 1 atom stereocenters. The summed E-state index contributed by atoms with van der Waals surface area (Å²) in [6.45, 7) is 0.520. The van der Waals surface area contributed by atoms with Crippen LogP contribution in [0.25, 0.3) is 0 Å². The molecule has 2 heterocycles. The van der Waals surface area contributed by atoms with Crippen LogP contribution in [-0.4, -0.2) is 31.7 Å². The standard InChI is InChI=1S/C14H14ClN3O2S/c1-21(20)10-14(19)17-13-4-2-3-7-18(13)9-11-5-6-12(15)16-8-11/h2-8H,9-10H2,1H3. The van der Waals surface area contributed by atoms with Gasteiger partial charge in [0.05, 0.1) is 6.54 Å². The van der Waals surface area contributed by atoms with Crippen LogP contribution >= 0.6 is 11.6 Å². The summed E-state index contributed by atoms with van der Waals surface area (Å²) in [6.07, 6.45) is 4.98. The predicted octanol–water partition coefficient (Wildman–Crippen LogP) is 1.39. The summed E-state index contributed by atoms with van der Waals surface area (Å²) in [4.78, 5) is 19.7. The summed E-state index contributed by atoms with van der Waals surface area (Å²) >= 11 is 5.75. The summed E-state index contributed by atoms with van der Waals surface area (Å²) in [5.41, 5.74) is 1.46. The summed E-state index contributed by atoms with van der Waals surface area (Å²) in [6, 6.07) is 8.96. The highest BCUT2D eigenvalue weighted by Crippen LogP contribution is 2.06. The van der Waals surface area contributed by atoms with Crippen LogP contribution in [0.1, 0.15) is 5.56 Å². The second kappa shape index (κ2) is 7.28. The van der Waals surface area contributed by atoms with Gasteiger partial charge in [0.15, 0.2) is 0 Å². The first kappa shape index (κ1) is 15.6. The van der Waals surface area contributed by atoms with Crippen LogP contribution in [0, 0.1) is 0 Å². The number of aromatic nitrogens is 2. The summed E-state index contributed by atoms with van der Waals surface area (Å²) in [5, 5.41) is 0.433.